The molecule has 1 amide bonds. The van der Waals surface area contributed by atoms with Gasteiger partial charge in [-0.15, -0.1) is 0 Å². The molecule has 1 aromatic carbocycles. The number of aromatic nitrogens is 4. The third-order valence-electron chi connectivity index (χ3n) is 4.16. The molecule has 0 saturated heterocycles. The summed E-state index contributed by atoms with van der Waals surface area (Å²) >= 11 is 6.18. The van der Waals surface area contributed by atoms with Crippen molar-refractivity contribution in [3.05, 3.63) is 53.4 Å². The molecule has 0 saturated carbocycles. The van der Waals surface area contributed by atoms with E-state index >= 15 is 0 Å². The van der Waals surface area contributed by atoms with Crippen LogP contribution in [0.3, 0.4) is 0 Å². The first kappa shape index (κ1) is 23.4. The average molecular weight is 480 g/mol. The van der Waals surface area contributed by atoms with Crippen LogP contribution in [-0.2, 0) is 27.7 Å². The fraction of sp³-hybridized carbons (Fsp3) is 0.263. The molecule has 170 valence electrons. The Balaban J connectivity index is 1.64. The van der Waals surface area contributed by atoms with E-state index < -0.39 is 9.84 Å². The minimum Gasteiger partial charge on any atom is -0.395 e. The van der Waals surface area contributed by atoms with Crippen molar-refractivity contribution in [3.8, 4) is 0 Å². The molecule has 2 heterocycles. The minimum absolute atomic E-state index is 0.00248. The molecule has 0 bridgehead atoms. The van der Waals surface area contributed by atoms with Gasteiger partial charge < -0.3 is 21.1 Å². The van der Waals surface area contributed by atoms with Gasteiger partial charge in [-0.3, -0.25) is 9.48 Å². The van der Waals surface area contributed by atoms with E-state index in [4.69, 9.17) is 16.7 Å². The zero-order chi connectivity index (χ0) is 23.1. The molecule has 0 unspecified atom stereocenters. The Bertz CT molecular complexity index is 1200. The molecule has 32 heavy (non-hydrogen) atoms. The van der Waals surface area contributed by atoms with Gasteiger partial charge in [-0.25, -0.2) is 13.4 Å². The maximum Gasteiger partial charge on any atom is 0.241 e. The van der Waals surface area contributed by atoms with Crippen molar-refractivity contribution in [2.24, 2.45) is 0 Å². The zero-order valence-corrected chi connectivity index (χ0v) is 18.7. The molecule has 0 aliphatic carbocycles. The van der Waals surface area contributed by atoms with Gasteiger partial charge in [0, 0.05) is 25.5 Å². The van der Waals surface area contributed by atoms with Crippen molar-refractivity contribution < 1.29 is 18.3 Å². The fourth-order valence-electron chi connectivity index (χ4n) is 2.67. The van der Waals surface area contributed by atoms with Crippen molar-refractivity contribution in [1.82, 2.24) is 25.1 Å². The van der Waals surface area contributed by atoms with Crippen LogP contribution in [-0.4, -0.2) is 58.6 Å². The van der Waals surface area contributed by atoms with Crippen LogP contribution in [0, 0.1) is 0 Å². The van der Waals surface area contributed by atoms with Crippen molar-refractivity contribution in [1.29, 1.82) is 0 Å². The van der Waals surface area contributed by atoms with Gasteiger partial charge in [0.1, 0.15) is 11.6 Å². The molecule has 0 radical (unpaired) electrons. The molecule has 0 aliphatic rings. The van der Waals surface area contributed by atoms with E-state index in [0.717, 1.165) is 11.8 Å². The lowest BCUT2D eigenvalue weighted by Crippen LogP contribution is -2.30. The summed E-state index contributed by atoms with van der Waals surface area (Å²) < 4.78 is 24.9. The smallest absolute Gasteiger partial charge is 0.241 e. The Morgan fingerprint density at radius 2 is 2.09 bits per heavy atom. The van der Waals surface area contributed by atoms with Gasteiger partial charge in [-0.1, -0.05) is 23.7 Å². The Morgan fingerprint density at radius 1 is 1.28 bits per heavy atom. The molecule has 13 heteroatoms. The SMILES string of the molecule is CS(=O)(=O)c1cccc(CNc2nc(Nc3cnn(CC(=O)NCCO)c3)ncc2Cl)c1. The number of aliphatic hydroxyl groups is 1. The molecule has 3 aromatic rings. The molecule has 3 rings (SSSR count). The highest BCUT2D eigenvalue weighted by Gasteiger charge is 2.10. The van der Waals surface area contributed by atoms with Crippen LogP contribution in [0.25, 0.3) is 0 Å². The highest BCUT2D eigenvalue weighted by Crippen LogP contribution is 2.22. The second kappa shape index (κ2) is 10.4. The summed E-state index contributed by atoms with van der Waals surface area (Å²) in [7, 11) is -3.30. The second-order valence-corrected chi connectivity index (χ2v) is 9.21. The number of carbonyl (C=O) groups is 1. The summed E-state index contributed by atoms with van der Waals surface area (Å²) in [5.41, 5.74) is 1.31. The normalized spacial score (nSPS) is 11.2. The number of rotatable bonds is 10. The Hall–Kier alpha value is -3.22. The molecule has 0 aliphatic heterocycles. The number of hydrogen-bond donors (Lipinski definition) is 4. The van der Waals surface area contributed by atoms with Crippen LogP contribution >= 0.6 is 11.6 Å². The lowest BCUT2D eigenvalue weighted by atomic mass is 10.2. The molecule has 0 fully saturated rings. The minimum atomic E-state index is -3.30. The molecule has 2 aromatic heterocycles. The quantitative estimate of drug-likeness (QED) is 0.336. The average Bonchev–Trinajstić information content (AvgIpc) is 3.18. The first-order valence-corrected chi connectivity index (χ1v) is 11.7. The summed E-state index contributed by atoms with van der Waals surface area (Å²) in [6.07, 6.45) is 5.71. The monoisotopic (exact) mass is 479 g/mol. The van der Waals surface area contributed by atoms with E-state index in [1.54, 1.807) is 24.4 Å². The first-order chi connectivity index (χ1) is 15.2. The summed E-state index contributed by atoms with van der Waals surface area (Å²) in [5.74, 6) is 0.346. The number of hydrogen-bond acceptors (Lipinski definition) is 9. The number of anilines is 3. The molecule has 11 nitrogen and oxygen atoms in total. The standard InChI is InChI=1S/C19H22ClN7O4S/c1-32(30,31)15-4-2-3-13(7-15)8-22-18-16(20)10-23-19(26-18)25-14-9-24-27(11-14)12-17(29)21-5-6-28/h2-4,7,9-11,28H,5-6,8,12H2,1H3,(H,21,29)(H2,22,23,25,26). The van der Waals surface area contributed by atoms with E-state index in [2.05, 4.69) is 31.0 Å². The summed E-state index contributed by atoms with van der Waals surface area (Å²) in [5, 5.41) is 21.7. The van der Waals surface area contributed by atoms with Gasteiger partial charge in [0.15, 0.2) is 15.7 Å². The number of carbonyl (C=O) groups excluding carboxylic acids is 1. The van der Waals surface area contributed by atoms with Crippen LogP contribution in [0.1, 0.15) is 5.56 Å². The number of amides is 1. The van der Waals surface area contributed by atoms with Crippen molar-refractivity contribution in [2.45, 2.75) is 18.0 Å². The van der Waals surface area contributed by atoms with E-state index in [9.17, 15) is 13.2 Å². The number of nitrogens with zero attached hydrogens (tertiary/aromatic N) is 4. The fourth-order valence-corrected chi connectivity index (χ4v) is 3.51. The number of halogens is 1. The van der Waals surface area contributed by atoms with Gasteiger partial charge in [0.2, 0.25) is 11.9 Å². The summed E-state index contributed by atoms with van der Waals surface area (Å²) in [6, 6.07) is 6.58. The molecule has 0 spiro atoms. The molecule has 0 atom stereocenters. The zero-order valence-electron chi connectivity index (χ0n) is 17.1. The van der Waals surface area contributed by atoms with Crippen LogP contribution < -0.4 is 16.0 Å². The molecular formula is C19H22ClN7O4S. The first-order valence-electron chi connectivity index (χ1n) is 9.47. The Morgan fingerprint density at radius 3 is 2.84 bits per heavy atom. The largest absolute Gasteiger partial charge is 0.395 e. The number of nitrogens with one attached hydrogen (secondary N) is 3. The van der Waals surface area contributed by atoms with E-state index in [1.165, 1.54) is 23.1 Å². The van der Waals surface area contributed by atoms with Crippen LogP contribution in [0.2, 0.25) is 5.02 Å². The van der Waals surface area contributed by atoms with Crippen LogP contribution in [0.5, 0.6) is 0 Å². The van der Waals surface area contributed by atoms with E-state index in [1.807, 2.05) is 0 Å². The van der Waals surface area contributed by atoms with Crippen molar-refractivity contribution in [2.75, 3.05) is 30.0 Å². The lowest BCUT2D eigenvalue weighted by molar-refractivity contribution is -0.122. The number of benzene rings is 1. The Kier molecular flexibility index (Phi) is 7.62. The molecule has 4 N–H and O–H groups in total. The lowest BCUT2D eigenvalue weighted by Gasteiger charge is -2.10. The van der Waals surface area contributed by atoms with Gasteiger partial charge in [-0.05, 0) is 17.7 Å². The van der Waals surface area contributed by atoms with Crippen molar-refractivity contribution >= 4 is 44.8 Å². The summed E-state index contributed by atoms with van der Waals surface area (Å²) in [6.45, 7) is 0.353. The van der Waals surface area contributed by atoms with Crippen LogP contribution in [0.4, 0.5) is 17.5 Å². The Labute approximate surface area is 189 Å². The van der Waals surface area contributed by atoms with Gasteiger partial charge in [-0.2, -0.15) is 10.1 Å². The molecular weight excluding hydrogens is 458 g/mol. The topological polar surface area (TPSA) is 151 Å². The number of sulfone groups is 1. The van der Waals surface area contributed by atoms with Crippen LogP contribution in [0.15, 0.2) is 47.8 Å². The van der Waals surface area contributed by atoms with Gasteiger partial charge in [0.05, 0.1) is 29.6 Å². The van der Waals surface area contributed by atoms with E-state index in [0.29, 0.717) is 23.1 Å². The number of aliphatic hydroxyl groups excluding tert-OH is 1. The summed E-state index contributed by atoms with van der Waals surface area (Å²) in [4.78, 5) is 20.4. The highest BCUT2D eigenvalue weighted by atomic mass is 35.5. The van der Waals surface area contributed by atoms with E-state index in [-0.39, 0.29) is 36.4 Å². The third-order valence-corrected chi connectivity index (χ3v) is 5.55. The van der Waals surface area contributed by atoms with Crippen molar-refractivity contribution in [3.63, 3.8) is 0 Å². The predicted molar refractivity (Wildman–Crippen MR) is 120 cm³/mol. The van der Waals surface area contributed by atoms with Gasteiger partial charge in [0.25, 0.3) is 0 Å². The predicted octanol–water partition coefficient (Wildman–Crippen LogP) is 1.19. The highest BCUT2D eigenvalue weighted by molar-refractivity contribution is 7.90. The second-order valence-electron chi connectivity index (χ2n) is 6.79. The third kappa shape index (κ3) is 6.64. The van der Waals surface area contributed by atoms with Gasteiger partial charge >= 0.3 is 0 Å². The maximum absolute atomic E-state index is 11.7. The maximum atomic E-state index is 11.7.